The summed E-state index contributed by atoms with van der Waals surface area (Å²) in [7, 11) is 0. The molecule has 0 saturated heterocycles. The van der Waals surface area contributed by atoms with Gasteiger partial charge in [0.1, 0.15) is 23.2 Å². The van der Waals surface area contributed by atoms with Gasteiger partial charge in [0.15, 0.2) is 0 Å². The zero-order valence-corrected chi connectivity index (χ0v) is 15.9. The van der Waals surface area contributed by atoms with Crippen LogP contribution in [0.15, 0.2) is 4.79 Å². The van der Waals surface area contributed by atoms with Crippen LogP contribution in [0, 0.1) is 25.2 Å². The highest BCUT2D eigenvalue weighted by atomic mass is 32.1. The molecular weight excluding hydrogens is 366 g/mol. The first kappa shape index (κ1) is 18.8. The van der Waals surface area contributed by atoms with Gasteiger partial charge < -0.3 is 11.1 Å². The molecule has 9 heteroatoms. The van der Waals surface area contributed by atoms with Crippen LogP contribution in [0.3, 0.4) is 0 Å². The maximum Gasteiger partial charge on any atom is 0.285 e. The fourth-order valence-corrected chi connectivity index (χ4v) is 4.54. The number of aryl methyl sites for hydroxylation is 2. The maximum atomic E-state index is 12.5. The number of nitrogens with zero attached hydrogens (tertiary/aromatic N) is 3. The van der Waals surface area contributed by atoms with Gasteiger partial charge >= 0.3 is 0 Å². The summed E-state index contributed by atoms with van der Waals surface area (Å²) in [5.41, 5.74) is 7.17. The lowest BCUT2D eigenvalue weighted by atomic mass is 9.95. The third kappa shape index (κ3) is 3.48. The van der Waals surface area contributed by atoms with Crippen molar-refractivity contribution in [2.45, 2.75) is 46.1 Å². The number of nitrogens with one attached hydrogen (secondary N) is 1. The SMILES string of the molecule is Cc1nn(CC(=O)Nc2sc3c(c2C(N)=O)CCCC3)c(=O)c(C#N)c1C. The van der Waals surface area contributed by atoms with Gasteiger partial charge in [0.25, 0.3) is 11.5 Å². The van der Waals surface area contributed by atoms with Crippen molar-refractivity contribution >= 4 is 28.2 Å². The number of amides is 2. The third-order valence-corrected chi connectivity index (χ3v) is 5.92. The molecular formula is C18H19N5O3S. The molecule has 2 aromatic rings. The van der Waals surface area contributed by atoms with Crippen LogP contribution in [0.25, 0.3) is 0 Å². The molecule has 2 aromatic heterocycles. The van der Waals surface area contributed by atoms with Crippen LogP contribution in [0.2, 0.25) is 0 Å². The molecule has 8 nitrogen and oxygen atoms in total. The zero-order valence-electron chi connectivity index (χ0n) is 15.1. The Balaban J connectivity index is 1.89. The van der Waals surface area contributed by atoms with Crippen LogP contribution in [-0.4, -0.2) is 21.6 Å². The number of thiophene rings is 1. The Hall–Kier alpha value is -2.99. The van der Waals surface area contributed by atoms with Crippen LogP contribution in [0.1, 0.15) is 50.5 Å². The average Bonchev–Trinajstić information content (AvgIpc) is 2.98. The van der Waals surface area contributed by atoms with Crippen LogP contribution >= 0.6 is 11.3 Å². The molecule has 0 bridgehead atoms. The van der Waals surface area contributed by atoms with Crippen molar-refractivity contribution in [3.63, 3.8) is 0 Å². The van der Waals surface area contributed by atoms with E-state index in [1.807, 2.05) is 6.07 Å². The number of nitrogens with two attached hydrogens (primary N) is 1. The van der Waals surface area contributed by atoms with Crippen molar-refractivity contribution in [1.29, 1.82) is 5.26 Å². The molecule has 0 unspecified atom stereocenters. The molecule has 0 aromatic carbocycles. The fraction of sp³-hybridized carbons (Fsp3) is 0.389. The molecule has 1 aliphatic carbocycles. The van der Waals surface area contributed by atoms with E-state index in [-0.39, 0.29) is 12.1 Å². The van der Waals surface area contributed by atoms with E-state index in [0.29, 0.717) is 21.8 Å². The number of carbonyl (C=O) groups is 2. The first-order chi connectivity index (χ1) is 12.8. The minimum atomic E-state index is -0.614. The summed E-state index contributed by atoms with van der Waals surface area (Å²) in [5.74, 6) is -1.07. The minimum Gasteiger partial charge on any atom is -0.365 e. The quantitative estimate of drug-likeness (QED) is 0.821. The second-order valence-corrected chi connectivity index (χ2v) is 7.59. The van der Waals surface area contributed by atoms with E-state index in [2.05, 4.69) is 10.4 Å². The van der Waals surface area contributed by atoms with Gasteiger partial charge in [-0.3, -0.25) is 14.4 Å². The molecule has 0 spiro atoms. The van der Waals surface area contributed by atoms with Gasteiger partial charge in [-0.05, 0) is 50.7 Å². The van der Waals surface area contributed by atoms with E-state index in [9.17, 15) is 14.4 Å². The van der Waals surface area contributed by atoms with Gasteiger partial charge in [0, 0.05) is 4.88 Å². The van der Waals surface area contributed by atoms with E-state index in [4.69, 9.17) is 11.0 Å². The van der Waals surface area contributed by atoms with Crippen molar-refractivity contribution in [3.8, 4) is 6.07 Å². The standard InChI is InChI=1S/C18H19N5O3S/c1-9-10(2)22-23(18(26)12(9)7-19)8-14(24)21-17-15(16(20)25)11-5-3-4-6-13(11)27-17/h3-6,8H2,1-2H3,(H2,20,25)(H,21,24). The lowest BCUT2D eigenvalue weighted by molar-refractivity contribution is -0.117. The van der Waals surface area contributed by atoms with Crippen LogP contribution in [0.4, 0.5) is 5.00 Å². The summed E-state index contributed by atoms with van der Waals surface area (Å²) in [6, 6.07) is 1.86. The summed E-state index contributed by atoms with van der Waals surface area (Å²) < 4.78 is 0.966. The van der Waals surface area contributed by atoms with Gasteiger partial charge in [-0.15, -0.1) is 11.3 Å². The number of rotatable bonds is 4. The van der Waals surface area contributed by atoms with Crippen molar-refractivity contribution in [1.82, 2.24) is 9.78 Å². The van der Waals surface area contributed by atoms with E-state index >= 15 is 0 Å². The number of anilines is 1. The molecule has 27 heavy (non-hydrogen) atoms. The van der Waals surface area contributed by atoms with E-state index in [0.717, 1.165) is 40.8 Å². The monoisotopic (exact) mass is 385 g/mol. The van der Waals surface area contributed by atoms with E-state index < -0.39 is 17.4 Å². The van der Waals surface area contributed by atoms with Crippen LogP contribution in [-0.2, 0) is 24.2 Å². The van der Waals surface area contributed by atoms with E-state index in [1.54, 1.807) is 13.8 Å². The van der Waals surface area contributed by atoms with Gasteiger partial charge in [-0.2, -0.15) is 10.4 Å². The Bertz CT molecular complexity index is 1040. The normalized spacial score (nSPS) is 12.9. The molecule has 1 aliphatic rings. The molecule has 0 saturated carbocycles. The van der Waals surface area contributed by atoms with Gasteiger partial charge in [-0.25, -0.2) is 4.68 Å². The predicted octanol–water partition coefficient (Wildman–Crippen LogP) is 1.41. The highest BCUT2D eigenvalue weighted by Gasteiger charge is 2.25. The number of primary amides is 1. The number of nitriles is 1. The Morgan fingerprint density at radius 2 is 2.04 bits per heavy atom. The second-order valence-electron chi connectivity index (χ2n) is 6.49. The Morgan fingerprint density at radius 1 is 1.33 bits per heavy atom. The van der Waals surface area contributed by atoms with Gasteiger partial charge in [0.05, 0.1) is 11.3 Å². The lowest BCUT2D eigenvalue weighted by Crippen LogP contribution is -2.32. The van der Waals surface area contributed by atoms with Crippen LogP contribution < -0.4 is 16.6 Å². The molecule has 0 aliphatic heterocycles. The minimum absolute atomic E-state index is 0.0280. The fourth-order valence-electron chi connectivity index (χ4n) is 3.23. The molecule has 0 atom stereocenters. The first-order valence-electron chi connectivity index (χ1n) is 8.56. The predicted molar refractivity (Wildman–Crippen MR) is 101 cm³/mol. The molecule has 140 valence electrons. The molecule has 0 radical (unpaired) electrons. The van der Waals surface area contributed by atoms with Crippen molar-refractivity contribution in [2.24, 2.45) is 5.73 Å². The van der Waals surface area contributed by atoms with Gasteiger partial charge in [0.2, 0.25) is 5.91 Å². The van der Waals surface area contributed by atoms with Crippen molar-refractivity contribution in [2.75, 3.05) is 5.32 Å². The highest BCUT2D eigenvalue weighted by molar-refractivity contribution is 7.17. The van der Waals surface area contributed by atoms with Crippen LogP contribution in [0.5, 0.6) is 0 Å². The number of carbonyl (C=O) groups excluding carboxylic acids is 2. The number of aromatic nitrogens is 2. The summed E-state index contributed by atoms with van der Waals surface area (Å²) in [6.07, 6.45) is 3.65. The van der Waals surface area contributed by atoms with Crippen molar-refractivity contribution in [3.05, 3.63) is 43.2 Å². The van der Waals surface area contributed by atoms with Crippen molar-refractivity contribution < 1.29 is 9.59 Å². The van der Waals surface area contributed by atoms with E-state index in [1.165, 1.54) is 11.3 Å². The largest absolute Gasteiger partial charge is 0.365 e. The molecule has 2 heterocycles. The lowest BCUT2D eigenvalue weighted by Gasteiger charge is -2.11. The molecule has 3 N–H and O–H groups in total. The Morgan fingerprint density at radius 3 is 2.70 bits per heavy atom. The first-order valence-corrected chi connectivity index (χ1v) is 9.37. The third-order valence-electron chi connectivity index (χ3n) is 4.71. The molecule has 3 rings (SSSR count). The number of fused-ring (bicyclic) bond motifs is 1. The topological polar surface area (TPSA) is 131 Å². The molecule has 0 fully saturated rings. The molecule has 2 amide bonds. The van der Waals surface area contributed by atoms with Gasteiger partial charge in [-0.1, -0.05) is 0 Å². The summed E-state index contributed by atoms with van der Waals surface area (Å²) in [4.78, 5) is 37.8. The smallest absolute Gasteiger partial charge is 0.285 e. The number of hydrogen-bond donors (Lipinski definition) is 2. The summed E-state index contributed by atoms with van der Waals surface area (Å²) in [5, 5.41) is 16.4. The highest BCUT2D eigenvalue weighted by Crippen LogP contribution is 2.37. The zero-order chi connectivity index (χ0) is 19.7. The Labute approximate surface area is 159 Å². The summed E-state index contributed by atoms with van der Waals surface area (Å²) >= 11 is 1.35. The second kappa shape index (κ2) is 7.32. The maximum absolute atomic E-state index is 12.5. The average molecular weight is 385 g/mol. The number of hydrogen-bond acceptors (Lipinski definition) is 6. The summed E-state index contributed by atoms with van der Waals surface area (Å²) in [6.45, 7) is 2.96. The Kier molecular flexibility index (Phi) is 5.10.